The molecule has 2 aliphatic carbocycles. The molecule has 1 amide bonds. The Morgan fingerprint density at radius 3 is 2.65 bits per heavy atom. The maximum absolute atomic E-state index is 13.4. The second-order valence-corrected chi connectivity index (χ2v) is 10.9. The van der Waals surface area contributed by atoms with Gasteiger partial charge in [-0.05, 0) is 68.7 Å². The molecule has 4 aromatic rings. The van der Waals surface area contributed by atoms with E-state index < -0.39 is 0 Å². The van der Waals surface area contributed by atoms with Crippen molar-refractivity contribution in [2.45, 2.75) is 58.0 Å². The first-order valence-corrected chi connectivity index (χ1v) is 13.5. The van der Waals surface area contributed by atoms with E-state index in [9.17, 15) is 4.79 Å². The smallest absolute Gasteiger partial charge is 0.253 e. The highest BCUT2D eigenvalue weighted by Gasteiger charge is 2.48. The molecule has 2 aliphatic rings. The number of ether oxygens (including phenoxy) is 1. The first-order valence-electron chi connectivity index (χ1n) is 13.1. The first-order chi connectivity index (χ1) is 18.0. The van der Waals surface area contributed by atoms with Crippen molar-refractivity contribution in [3.05, 3.63) is 76.9 Å². The molecule has 0 saturated heterocycles. The van der Waals surface area contributed by atoms with Gasteiger partial charge in [0.05, 0.1) is 40.6 Å². The van der Waals surface area contributed by atoms with Gasteiger partial charge in [0.15, 0.2) is 0 Å². The van der Waals surface area contributed by atoms with Gasteiger partial charge in [0, 0.05) is 23.1 Å². The lowest BCUT2D eigenvalue weighted by atomic mass is 9.54. The summed E-state index contributed by atoms with van der Waals surface area (Å²) in [6, 6.07) is 17.8. The zero-order valence-corrected chi connectivity index (χ0v) is 22.0. The van der Waals surface area contributed by atoms with Crippen LogP contribution in [0.5, 0.6) is 5.88 Å². The Hall–Kier alpha value is -3.38. The monoisotopic (exact) mass is 514 g/mol. The molecule has 190 valence electrons. The Balaban J connectivity index is 1.26. The fourth-order valence-corrected chi connectivity index (χ4v) is 6.12. The maximum Gasteiger partial charge on any atom is 0.253 e. The van der Waals surface area contributed by atoms with Gasteiger partial charge >= 0.3 is 0 Å². The lowest BCUT2D eigenvalue weighted by molar-refractivity contribution is -0.000604. The van der Waals surface area contributed by atoms with E-state index in [2.05, 4.69) is 46.6 Å². The molecule has 37 heavy (non-hydrogen) atoms. The van der Waals surface area contributed by atoms with Crippen LogP contribution in [0.25, 0.3) is 22.2 Å². The fraction of sp³-hybridized carbons (Fsp3) is 0.367. The van der Waals surface area contributed by atoms with Crippen LogP contribution in [0.2, 0.25) is 5.02 Å². The molecule has 7 heteroatoms. The van der Waals surface area contributed by atoms with E-state index >= 15 is 0 Å². The highest BCUT2D eigenvalue weighted by Crippen LogP contribution is 2.55. The van der Waals surface area contributed by atoms with Crippen LogP contribution in [0.4, 0.5) is 0 Å². The van der Waals surface area contributed by atoms with E-state index in [-0.39, 0.29) is 18.0 Å². The zero-order chi connectivity index (χ0) is 25.6. The molecular weight excluding hydrogens is 484 g/mol. The van der Waals surface area contributed by atoms with E-state index in [1.807, 2.05) is 35.9 Å². The molecular formula is C30H31ClN4O2. The SMILES string of the molecule is CCOc1cccc(-c2ccc([C@H](C)n3ncc4c(Cl)ccc(C(=O)NC5CC6(CCC6)C5)c43)cc2)n1. The summed E-state index contributed by atoms with van der Waals surface area (Å²) in [7, 11) is 0. The molecule has 1 spiro atoms. The molecule has 2 saturated carbocycles. The van der Waals surface area contributed by atoms with Crippen LogP contribution in [0, 0.1) is 5.41 Å². The molecule has 2 aromatic carbocycles. The van der Waals surface area contributed by atoms with Gasteiger partial charge in [0.25, 0.3) is 5.91 Å². The molecule has 2 fully saturated rings. The largest absolute Gasteiger partial charge is 0.478 e. The molecule has 0 radical (unpaired) electrons. The van der Waals surface area contributed by atoms with Gasteiger partial charge in [0.2, 0.25) is 5.88 Å². The average Bonchev–Trinajstić information content (AvgIpc) is 3.31. The normalized spacial score (nSPS) is 17.3. The summed E-state index contributed by atoms with van der Waals surface area (Å²) in [5.74, 6) is 0.568. The van der Waals surface area contributed by atoms with Crippen molar-refractivity contribution in [1.82, 2.24) is 20.1 Å². The first kappa shape index (κ1) is 24.0. The van der Waals surface area contributed by atoms with Crippen molar-refractivity contribution in [2.24, 2.45) is 5.41 Å². The number of pyridine rings is 1. The van der Waals surface area contributed by atoms with Crippen molar-refractivity contribution in [3.8, 4) is 17.1 Å². The van der Waals surface area contributed by atoms with E-state index in [0.717, 1.165) is 40.6 Å². The van der Waals surface area contributed by atoms with Crippen LogP contribution < -0.4 is 10.1 Å². The van der Waals surface area contributed by atoms with Crippen molar-refractivity contribution >= 4 is 28.4 Å². The predicted octanol–water partition coefficient (Wildman–Crippen LogP) is 6.82. The Morgan fingerprint density at radius 2 is 1.95 bits per heavy atom. The third-order valence-corrected chi connectivity index (χ3v) is 8.46. The van der Waals surface area contributed by atoms with Crippen molar-refractivity contribution < 1.29 is 9.53 Å². The standard InChI is InChI=1S/C30H31ClN4O2/c1-3-37-27-7-4-6-26(34-27)21-10-8-20(9-11-21)19(2)35-28-23(12-13-25(31)24(28)18-32-35)29(36)33-22-16-30(17-22)14-5-15-30/h4,6-13,18-19,22H,3,5,14-17H2,1-2H3,(H,33,36)/t19-/m0/s1. The van der Waals surface area contributed by atoms with Gasteiger partial charge in [-0.25, -0.2) is 4.98 Å². The Morgan fingerprint density at radius 1 is 1.16 bits per heavy atom. The molecule has 2 aromatic heterocycles. The van der Waals surface area contributed by atoms with Gasteiger partial charge in [0.1, 0.15) is 0 Å². The van der Waals surface area contributed by atoms with Crippen LogP contribution in [0.1, 0.15) is 67.9 Å². The van der Waals surface area contributed by atoms with Gasteiger partial charge in [-0.1, -0.05) is 48.4 Å². The maximum atomic E-state index is 13.4. The van der Waals surface area contributed by atoms with Crippen LogP contribution in [-0.2, 0) is 0 Å². The Labute approximate surface area is 222 Å². The Bertz CT molecular complexity index is 1450. The minimum atomic E-state index is -0.0961. The lowest BCUT2D eigenvalue weighted by Gasteiger charge is -2.54. The molecule has 0 aliphatic heterocycles. The topological polar surface area (TPSA) is 69.0 Å². The number of nitrogens with one attached hydrogen (secondary N) is 1. The van der Waals surface area contributed by atoms with E-state index in [1.54, 1.807) is 12.3 Å². The second kappa shape index (κ2) is 9.49. The number of aromatic nitrogens is 3. The highest BCUT2D eigenvalue weighted by molar-refractivity contribution is 6.36. The van der Waals surface area contributed by atoms with Crippen LogP contribution in [0.3, 0.4) is 0 Å². The number of carbonyl (C=O) groups excluding carboxylic acids is 1. The van der Waals surface area contributed by atoms with Crippen LogP contribution >= 0.6 is 11.6 Å². The van der Waals surface area contributed by atoms with Gasteiger partial charge < -0.3 is 10.1 Å². The summed E-state index contributed by atoms with van der Waals surface area (Å²) in [6.45, 7) is 4.61. The summed E-state index contributed by atoms with van der Waals surface area (Å²) in [5.41, 5.74) is 4.84. The average molecular weight is 515 g/mol. The summed E-state index contributed by atoms with van der Waals surface area (Å²) >= 11 is 6.53. The number of nitrogens with zero attached hydrogens (tertiary/aromatic N) is 3. The fourth-order valence-electron chi connectivity index (χ4n) is 5.92. The molecule has 1 atom stereocenters. The van der Waals surface area contributed by atoms with Crippen LogP contribution in [-0.4, -0.2) is 33.3 Å². The minimum absolute atomic E-state index is 0.0506. The molecule has 2 heterocycles. The van der Waals surface area contributed by atoms with Crippen LogP contribution in [0.15, 0.2) is 60.8 Å². The predicted molar refractivity (Wildman–Crippen MR) is 146 cm³/mol. The number of hydrogen-bond donors (Lipinski definition) is 1. The molecule has 0 unspecified atom stereocenters. The second-order valence-electron chi connectivity index (χ2n) is 10.5. The third-order valence-electron chi connectivity index (χ3n) is 8.13. The molecule has 1 N–H and O–H groups in total. The minimum Gasteiger partial charge on any atom is -0.478 e. The number of benzene rings is 2. The lowest BCUT2D eigenvalue weighted by Crippen LogP contribution is -2.53. The van der Waals surface area contributed by atoms with Crippen molar-refractivity contribution in [1.29, 1.82) is 0 Å². The summed E-state index contributed by atoms with van der Waals surface area (Å²) in [5, 5.41) is 9.32. The molecule has 6 rings (SSSR count). The highest BCUT2D eigenvalue weighted by atomic mass is 35.5. The number of carbonyl (C=O) groups is 1. The summed E-state index contributed by atoms with van der Waals surface area (Å²) in [4.78, 5) is 18.0. The number of halogens is 1. The number of rotatable bonds is 7. The number of hydrogen-bond acceptors (Lipinski definition) is 4. The quantitative estimate of drug-likeness (QED) is 0.293. The summed E-state index contributed by atoms with van der Waals surface area (Å²) < 4.78 is 7.46. The summed E-state index contributed by atoms with van der Waals surface area (Å²) in [6.07, 6.45) is 7.89. The zero-order valence-electron chi connectivity index (χ0n) is 21.2. The van der Waals surface area contributed by atoms with Crippen molar-refractivity contribution in [3.63, 3.8) is 0 Å². The number of amides is 1. The molecule has 6 nitrogen and oxygen atoms in total. The van der Waals surface area contributed by atoms with Gasteiger partial charge in [-0.3, -0.25) is 9.48 Å². The van der Waals surface area contributed by atoms with E-state index in [0.29, 0.717) is 28.5 Å². The van der Waals surface area contributed by atoms with Gasteiger partial charge in [-0.15, -0.1) is 0 Å². The molecule has 0 bridgehead atoms. The van der Waals surface area contributed by atoms with Crippen molar-refractivity contribution in [2.75, 3.05) is 6.61 Å². The number of fused-ring (bicyclic) bond motifs is 1. The Kier molecular flexibility index (Phi) is 6.15. The van der Waals surface area contributed by atoms with Gasteiger partial charge in [-0.2, -0.15) is 5.10 Å². The third kappa shape index (κ3) is 4.37. The van der Waals surface area contributed by atoms with E-state index in [4.69, 9.17) is 16.3 Å². The van der Waals surface area contributed by atoms with E-state index in [1.165, 1.54) is 19.3 Å².